The second-order valence-corrected chi connectivity index (χ2v) is 6.20. The van der Waals surface area contributed by atoms with Crippen LogP contribution in [0.4, 0.5) is 11.4 Å². The predicted octanol–water partition coefficient (Wildman–Crippen LogP) is 2.35. The third-order valence-corrected chi connectivity index (χ3v) is 4.37. The number of hydrogen-bond donors (Lipinski definition) is 2. The summed E-state index contributed by atoms with van der Waals surface area (Å²) in [4.78, 5) is 30.1. The summed E-state index contributed by atoms with van der Waals surface area (Å²) >= 11 is 0. The van der Waals surface area contributed by atoms with Gasteiger partial charge in [-0.15, -0.1) is 0 Å². The first kappa shape index (κ1) is 17.0. The van der Waals surface area contributed by atoms with Gasteiger partial charge in [0, 0.05) is 37.5 Å². The number of rotatable bonds is 6. The highest BCUT2D eigenvalue weighted by atomic mass is 16.2. The van der Waals surface area contributed by atoms with Gasteiger partial charge in [0.25, 0.3) is 0 Å². The second-order valence-electron chi connectivity index (χ2n) is 6.20. The lowest BCUT2D eigenvalue weighted by molar-refractivity contribution is -0.116. The molecule has 130 valence electrons. The summed E-state index contributed by atoms with van der Waals surface area (Å²) in [6.45, 7) is 1.91. The summed E-state index contributed by atoms with van der Waals surface area (Å²) in [5, 5.41) is 2.94. The van der Waals surface area contributed by atoms with Crippen LogP contribution in [0.3, 0.4) is 0 Å². The molecule has 2 aromatic rings. The largest absolute Gasteiger partial charge is 0.370 e. The average Bonchev–Trinajstić information content (AvgIpc) is 3.15. The number of benzene rings is 1. The Morgan fingerprint density at radius 3 is 2.68 bits per heavy atom. The summed E-state index contributed by atoms with van der Waals surface area (Å²) in [5.41, 5.74) is 8.38. The number of pyridine rings is 1. The number of primary amides is 1. The Morgan fingerprint density at radius 1 is 1.20 bits per heavy atom. The van der Waals surface area contributed by atoms with Gasteiger partial charge in [-0.3, -0.25) is 14.6 Å². The third-order valence-electron chi connectivity index (χ3n) is 4.37. The highest BCUT2D eigenvalue weighted by molar-refractivity contribution is 5.99. The van der Waals surface area contributed by atoms with E-state index in [0.29, 0.717) is 24.1 Å². The van der Waals surface area contributed by atoms with Crippen LogP contribution in [0, 0.1) is 0 Å². The van der Waals surface area contributed by atoms with E-state index in [1.165, 1.54) is 0 Å². The Hall–Kier alpha value is -2.89. The Morgan fingerprint density at radius 2 is 2.00 bits per heavy atom. The first-order valence-electron chi connectivity index (χ1n) is 8.51. The molecule has 0 bridgehead atoms. The Labute approximate surface area is 147 Å². The highest BCUT2D eigenvalue weighted by Gasteiger charge is 2.18. The number of anilines is 2. The van der Waals surface area contributed by atoms with Gasteiger partial charge < -0.3 is 16.0 Å². The molecule has 25 heavy (non-hydrogen) atoms. The van der Waals surface area contributed by atoms with Crippen molar-refractivity contribution in [3.05, 3.63) is 53.9 Å². The first-order chi connectivity index (χ1) is 12.1. The van der Waals surface area contributed by atoms with Crippen LogP contribution in [0.25, 0.3) is 0 Å². The van der Waals surface area contributed by atoms with Gasteiger partial charge in [0.05, 0.1) is 11.4 Å². The fourth-order valence-corrected chi connectivity index (χ4v) is 3.04. The van der Waals surface area contributed by atoms with Crippen molar-refractivity contribution in [2.75, 3.05) is 23.3 Å². The molecular weight excluding hydrogens is 316 g/mol. The lowest BCUT2D eigenvalue weighted by Gasteiger charge is -2.22. The lowest BCUT2D eigenvalue weighted by Crippen LogP contribution is -2.22. The van der Waals surface area contributed by atoms with E-state index in [9.17, 15) is 9.59 Å². The molecule has 3 N–H and O–H groups in total. The number of aromatic nitrogens is 1. The number of aryl methyl sites for hydroxylation is 1. The molecule has 1 aliphatic heterocycles. The summed E-state index contributed by atoms with van der Waals surface area (Å²) in [6, 6.07) is 9.04. The molecule has 0 spiro atoms. The molecule has 0 radical (unpaired) electrons. The number of nitrogens with zero attached hydrogens (tertiary/aromatic N) is 2. The lowest BCUT2D eigenvalue weighted by atomic mass is 10.1. The minimum Gasteiger partial charge on any atom is -0.370 e. The number of carbonyl (C=O) groups is 2. The van der Waals surface area contributed by atoms with Crippen LogP contribution in [0.2, 0.25) is 0 Å². The van der Waals surface area contributed by atoms with Crippen LogP contribution in [0.1, 0.15) is 35.2 Å². The smallest absolute Gasteiger partial charge is 0.248 e. The standard InChI is InChI=1S/C19H22N4O2/c20-19(25)15-6-7-17(23-10-1-2-11-23)16(12-15)22-18(24)8-5-14-4-3-9-21-13-14/h3-4,6-7,9,12-13H,1-2,5,8,10-11H2,(H2,20,25)(H,22,24). The SMILES string of the molecule is NC(=O)c1ccc(N2CCCC2)c(NC(=O)CCc2cccnc2)c1. The molecule has 1 aromatic carbocycles. The molecule has 2 heterocycles. The maximum absolute atomic E-state index is 12.4. The van der Waals surface area contributed by atoms with Crippen LogP contribution >= 0.6 is 0 Å². The molecule has 1 fully saturated rings. The third kappa shape index (κ3) is 4.35. The minimum atomic E-state index is -0.501. The number of nitrogens with one attached hydrogen (secondary N) is 1. The van der Waals surface area contributed by atoms with Crippen molar-refractivity contribution in [3.8, 4) is 0 Å². The van der Waals surface area contributed by atoms with Gasteiger partial charge in [-0.1, -0.05) is 6.07 Å². The monoisotopic (exact) mass is 338 g/mol. The Bertz CT molecular complexity index is 755. The minimum absolute atomic E-state index is 0.0917. The maximum Gasteiger partial charge on any atom is 0.248 e. The number of nitrogens with two attached hydrogens (primary N) is 1. The summed E-state index contributed by atoms with van der Waals surface area (Å²) in [7, 11) is 0. The van der Waals surface area contributed by atoms with Crippen LogP contribution in [0.5, 0.6) is 0 Å². The highest BCUT2D eigenvalue weighted by Crippen LogP contribution is 2.30. The van der Waals surface area contributed by atoms with Gasteiger partial charge in [-0.05, 0) is 49.1 Å². The summed E-state index contributed by atoms with van der Waals surface area (Å²) in [6.07, 6.45) is 6.70. The van der Waals surface area contributed by atoms with E-state index in [2.05, 4.69) is 15.2 Å². The molecule has 3 rings (SSSR count). The molecule has 1 aromatic heterocycles. The van der Waals surface area contributed by atoms with Crippen molar-refractivity contribution < 1.29 is 9.59 Å². The zero-order valence-electron chi connectivity index (χ0n) is 14.1. The van der Waals surface area contributed by atoms with Crippen LogP contribution in [0.15, 0.2) is 42.7 Å². The number of carbonyl (C=O) groups excluding carboxylic acids is 2. The van der Waals surface area contributed by atoms with Gasteiger partial charge in [-0.2, -0.15) is 0 Å². The summed E-state index contributed by atoms with van der Waals surface area (Å²) in [5.74, 6) is -0.593. The Kier molecular flexibility index (Phi) is 5.28. The van der Waals surface area contributed by atoms with Crippen LogP contribution < -0.4 is 16.0 Å². The van der Waals surface area contributed by atoms with E-state index in [1.807, 2.05) is 18.2 Å². The molecular formula is C19H22N4O2. The van der Waals surface area contributed by atoms with Gasteiger partial charge in [0.1, 0.15) is 0 Å². The fraction of sp³-hybridized carbons (Fsp3) is 0.316. The van der Waals surface area contributed by atoms with E-state index < -0.39 is 5.91 Å². The molecule has 6 heteroatoms. The number of amides is 2. The van der Waals surface area contributed by atoms with E-state index in [4.69, 9.17) is 5.73 Å². The predicted molar refractivity (Wildman–Crippen MR) is 97.6 cm³/mol. The van der Waals surface area contributed by atoms with Gasteiger partial charge >= 0.3 is 0 Å². The Balaban J connectivity index is 1.73. The van der Waals surface area contributed by atoms with Crippen molar-refractivity contribution in [2.45, 2.75) is 25.7 Å². The zero-order chi connectivity index (χ0) is 17.6. The quantitative estimate of drug-likeness (QED) is 0.846. The molecule has 0 unspecified atom stereocenters. The van der Waals surface area contributed by atoms with Gasteiger partial charge in [0.15, 0.2) is 0 Å². The zero-order valence-corrected chi connectivity index (χ0v) is 14.1. The van der Waals surface area contributed by atoms with Gasteiger partial charge in [0.2, 0.25) is 11.8 Å². The van der Waals surface area contributed by atoms with Crippen LogP contribution in [-0.4, -0.2) is 29.9 Å². The second kappa shape index (κ2) is 7.79. The molecule has 6 nitrogen and oxygen atoms in total. The maximum atomic E-state index is 12.4. The molecule has 1 aliphatic rings. The van der Waals surface area contributed by atoms with E-state index in [0.717, 1.165) is 37.2 Å². The fourth-order valence-electron chi connectivity index (χ4n) is 3.04. The van der Waals surface area contributed by atoms with Crippen molar-refractivity contribution in [3.63, 3.8) is 0 Å². The number of hydrogen-bond acceptors (Lipinski definition) is 4. The topological polar surface area (TPSA) is 88.3 Å². The van der Waals surface area contributed by atoms with E-state index in [-0.39, 0.29) is 5.91 Å². The van der Waals surface area contributed by atoms with Crippen molar-refractivity contribution >= 4 is 23.2 Å². The normalized spacial score (nSPS) is 13.7. The summed E-state index contributed by atoms with van der Waals surface area (Å²) < 4.78 is 0. The van der Waals surface area contributed by atoms with Crippen molar-refractivity contribution in [1.29, 1.82) is 0 Å². The molecule has 0 aliphatic carbocycles. The van der Waals surface area contributed by atoms with E-state index in [1.54, 1.807) is 24.5 Å². The first-order valence-corrected chi connectivity index (χ1v) is 8.51. The molecule has 2 amide bonds. The molecule has 0 atom stereocenters. The van der Waals surface area contributed by atoms with Crippen molar-refractivity contribution in [2.24, 2.45) is 5.73 Å². The van der Waals surface area contributed by atoms with Crippen molar-refractivity contribution in [1.82, 2.24) is 4.98 Å². The average molecular weight is 338 g/mol. The molecule has 0 saturated carbocycles. The van der Waals surface area contributed by atoms with Crippen LogP contribution in [-0.2, 0) is 11.2 Å². The molecule has 1 saturated heterocycles. The van der Waals surface area contributed by atoms with Gasteiger partial charge in [-0.25, -0.2) is 0 Å². The van der Waals surface area contributed by atoms with E-state index >= 15 is 0 Å².